The zero-order valence-electron chi connectivity index (χ0n) is 9.85. The highest BCUT2D eigenvalue weighted by molar-refractivity contribution is 5.83. The molecular weight excluding hydrogens is 220 g/mol. The molecule has 2 rings (SSSR count). The lowest BCUT2D eigenvalue weighted by molar-refractivity contribution is 0.168. The van der Waals surface area contributed by atoms with Crippen LogP contribution in [0.3, 0.4) is 0 Å². The maximum absolute atomic E-state index is 11.1. The minimum absolute atomic E-state index is 0.338. The highest BCUT2D eigenvalue weighted by Crippen LogP contribution is 2.17. The summed E-state index contributed by atoms with van der Waals surface area (Å²) in [4.78, 5) is 13.3. The molecule has 92 valence electrons. The van der Waals surface area contributed by atoms with E-state index in [1.807, 2.05) is 6.07 Å². The monoisotopic (exact) mass is 236 g/mol. The van der Waals surface area contributed by atoms with Crippen molar-refractivity contribution in [2.75, 3.05) is 29.9 Å². The largest absolute Gasteiger partial charge is 0.450 e. The van der Waals surface area contributed by atoms with Gasteiger partial charge in [0.25, 0.3) is 0 Å². The van der Waals surface area contributed by atoms with Gasteiger partial charge in [0.1, 0.15) is 0 Å². The fourth-order valence-electron chi connectivity index (χ4n) is 1.78. The molecule has 1 aliphatic rings. The second-order valence-corrected chi connectivity index (χ2v) is 3.82. The standard InChI is InChI=1S/C11H16N4O2/c1-2-17-11(16)12-9-5-6-10(14-13-9)15-7-3-4-8-15/h5-6H,2-4,7-8H2,1H3,(H,12,13,16). The van der Waals surface area contributed by atoms with Gasteiger partial charge in [-0.3, -0.25) is 5.32 Å². The Morgan fingerprint density at radius 1 is 1.41 bits per heavy atom. The fourth-order valence-corrected chi connectivity index (χ4v) is 1.78. The van der Waals surface area contributed by atoms with Crippen molar-refractivity contribution < 1.29 is 9.53 Å². The van der Waals surface area contributed by atoms with Crippen LogP contribution in [0, 0.1) is 0 Å². The summed E-state index contributed by atoms with van der Waals surface area (Å²) in [6.07, 6.45) is 1.89. The van der Waals surface area contributed by atoms with E-state index in [1.165, 1.54) is 12.8 Å². The van der Waals surface area contributed by atoms with Crippen LogP contribution in [0.15, 0.2) is 12.1 Å². The molecule has 2 heterocycles. The summed E-state index contributed by atoms with van der Waals surface area (Å²) in [7, 11) is 0. The van der Waals surface area contributed by atoms with E-state index in [2.05, 4.69) is 20.4 Å². The number of carbonyl (C=O) groups is 1. The maximum atomic E-state index is 11.1. The molecule has 6 nitrogen and oxygen atoms in total. The first-order valence-corrected chi connectivity index (χ1v) is 5.82. The number of nitrogens with zero attached hydrogens (tertiary/aromatic N) is 3. The maximum Gasteiger partial charge on any atom is 0.412 e. The molecule has 1 aromatic rings. The van der Waals surface area contributed by atoms with Crippen molar-refractivity contribution in [1.29, 1.82) is 0 Å². The van der Waals surface area contributed by atoms with E-state index in [1.54, 1.807) is 13.0 Å². The van der Waals surface area contributed by atoms with Crippen molar-refractivity contribution in [3.63, 3.8) is 0 Å². The van der Waals surface area contributed by atoms with Gasteiger partial charge >= 0.3 is 6.09 Å². The zero-order chi connectivity index (χ0) is 12.1. The Balaban J connectivity index is 1.95. The van der Waals surface area contributed by atoms with E-state index in [0.29, 0.717) is 12.4 Å². The number of hydrogen-bond donors (Lipinski definition) is 1. The molecule has 0 radical (unpaired) electrons. The molecule has 0 spiro atoms. The summed E-state index contributed by atoms with van der Waals surface area (Å²) in [5.74, 6) is 1.27. The molecule has 0 bridgehead atoms. The van der Waals surface area contributed by atoms with E-state index < -0.39 is 6.09 Å². The van der Waals surface area contributed by atoms with Crippen LogP contribution in [0.25, 0.3) is 0 Å². The summed E-state index contributed by atoms with van der Waals surface area (Å²) in [5.41, 5.74) is 0. The normalized spacial score (nSPS) is 14.8. The predicted octanol–water partition coefficient (Wildman–Crippen LogP) is 1.65. The van der Waals surface area contributed by atoms with E-state index in [0.717, 1.165) is 18.9 Å². The van der Waals surface area contributed by atoms with E-state index >= 15 is 0 Å². The third kappa shape index (κ3) is 3.05. The van der Waals surface area contributed by atoms with Crippen LogP contribution in [-0.2, 0) is 4.74 Å². The molecule has 1 saturated heterocycles. The number of nitrogens with one attached hydrogen (secondary N) is 1. The Kier molecular flexibility index (Phi) is 3.74. The summed E-state index contributed by atoms with van der Waals surface area (Å²) in [6.45, 7) is 4.14. The molecule has 1 aliphatic heterocycles. The van der Waals surface area contributed by atoms with Crippen molar-refractivity contribution in [2.45, 2.75) is 19.8 Å². The minimum atomic E-state index is -0.504. The SMILES string of the molecule is CCOC(=O)Nc1ccc(N2CCCC2)nn1. The first kappa shape index (κ1) is 11.6. The average molecular weight is 236 g/mol. The van der Waals surface area contributed by atoms with Crippen LogP contribution in [-0.4, -0.2) is 36.0 Å². The average Bonchev–Trinajstić information content (AvgIpc) is 2.84. The van der Waals surface area contributed by atoms with Crippen LogP contribution >= 0.6 is 0 Å². The Morgan fingerprint density at radius 2 is 2.18 bits per heavy atom. The van der Waals surface area contributed by atoms with Crippen LogP contribution in [0.4, 0.5) is 16.4 Å². The summed E-state index contributed by atoms with van der Waals surface area (Å²) in [6, 6.07) is 3.59. The summed E-state index contributed by atoms with van der Waals surface area (Å²) < 4.78 is 4.75. The second kappa shape index (κ2) is 5.47. The molecule has 1 amide bonds. The van der Waals surface area contributed by atoms with Gasteiger partial charge in [0.05, 0.1) is 6.61 Å². The fraction of sp³-hybridized carbons (Fsp3) is 0.545. The van der Waals surface area contributed by atoms with Crippen LogP contribution < -0.4 is 10.2 Å². The molecule has 1 aromatic heterocycles. The van der Waals surface area contributed by atoms with Crippen LogP contribution in [0.1, 0.15) is 19.8 Å². The Bertz CT molecular complexity index is 374. The molecule has 6 heteroatoms. The van der Waals surface area contributed by atoms with E-state index in [4.69, 9.17) is 4.74 Å². The minimum Gasteiger partial charge on any atom is -0.450 e. The Morgan fingerprint density at radius 3 is 2.76 bits per heavy atom. The summed E-state index contributed by atoms with van der Waals surface area (Å²) in [5, 5.41) is 10.5. The van der Waals surface area contributed by atoms with E-state index in [-0.39, 0.29) is 0 Å². The Labute approximate surface area is 100.0 Å². The second-order valence-electron chi connectivity index (χ2n) is 3.82. The molecular formula is C11H16N4O2. The molecule has 0 atom stereocenters. The van der Waals surface area contributed by atoms with Crippen LogP contribution in [0.5, 0.6) is 0 Å². The number of ether oxygens (including phenoxy) is 1. The third-order valence-electron chi connectivity index (χ3n) is 2.59. The van der Waals surface area contributed by atoms with Crippen molar-refractivity contribution in [3.05, 3.63) is 12.1 Å². The third-order valence-corrected chi connectivity index (χ3v) is 2.59. The molecule has 1 N–H and O–H groups in total. The van der Waals surface area contributed by atoms with Gasteiger partial charge in [0.2, 0.25) is 0 Å². The highest BCUT2D eigenvalue weighted by atomic mass is 16.5. The predicted molar refractivity (Wildman–Crippen MR) is 64.1 cm³/mol. The smallest absolute Gasteiger partial charge is 0.412 e. The molecule has 17 heavy (non-hydrogen) atoms. The lowest BCUT2D eigenvalue weighted by Gasteiger charge is -2.15. The molecule has 1 fully saturated rings. The zero-order valence-corrected chi connectivity index (χ0v) is 9.85. The summed E-state index contributed by atoms with van der Waals surface area (Å²) >= 11 is 0. The first-order valence-electron chi connectivity index (χ1n) is 5.82. The van der Waals surface area contributed by atoms with Gasteiger partial charge in [-0.15, -0.1) is 10.2 Å². The van der Waals surface area contributed by atoms with Crippen molar-refractivity contribution in [3.8, 4) is 0 Å². The lowest BCUT2D eigenvalue weighted by Crippen LogP contribution is -2.20. The van der Waals surface area contributed by atoms with Gasteiger partial charge in [0, 0.05) is 13.1 Å². The number of carbonyl (C=O) groups excluding carboxylic acids is 1. The topological polar surface area (TPSA) is 67.3 Å². The Hall–Kier alpha value is -1.85. The number of anilines is 2. The van der Waals surface area contributed by atoms with Crippen molar-refractivity contribution >= 4 is 17.7 Å². The van der Waals surface area contributed by atoms with Crippen LogP contribution in [0.2, 0.25) is 0 Å². The van der Waals surface area contributed by atoms with Gasteiger partial charge < -0.3 is 9.64 Å². The van der Waals surface area contributed by atoms with Crippen molar-refractivity contribution in [1.82, 2.24) is 10.2 Å². The van der Waals surface area contributed by atoms with E-state index in [9.17, 15) is 4.79 Å². The lowest BCUT2D eigenvalue weighted by atomic mass is 10.4. The van der Waals surface area contributed by atoms with Crippen molar-refractivity contribution in [2.24, 2.45) is 0 Å². The first-order chi connectivity index (χ1) is 8.29. The molecule has 0 saturated carbocycles. The molecule has 0 aromatic carbocycles. The molecule has 0 unspecified atom stereocenters. The van der Waals surface area contributed by atoms with Gasteiger partial charge in [-0.1, -0.05) is 0 Å². The number of aromatic nitrogens is 2. The van der Waals surface area contributed by atoms with Gasteiger partial charge in [-0.05, 0) is 31.9 Å². The quantitative estimate of drug-likeness (QED) is 0.864. The van der Waals surface area contributed by atoms with Gasteiger partial charge in [-0.2, -0.15) is 0 Å². The van der Waals surface area contributed by atoms with Gasteiger partial charge in [-0.25, -0.2) is 4.79 Å². The van der Waals surface area contributed by atoms with Gasteiger partial charge in [0.15, 0.2) is 11.6 Å². The number of amides is 1. The number of hydrogen-bond acceptors (Lipinski definition) is 5. The number of rotatable bonds is 3. The highest BCUT2D eigenvalue weighted by Gasteiger charge is 2.14. The molecule has 0 aliphatic carbocycles.